The van der Waals surface area contributed by atoms with Crippen LogP contribution in [0.4, 0.5) is 0 Å². The van der Waals surface area contributed by atoms with Gasteiger partial charge in [0, 0.05) is 12.8 Å². The third kappa shape index (κ3) is 2.71. The van der Waals surface area contributed by atoms with Gasteiger partial charge in [-0.15, -0.1) is 0 Å². The molecular weight excluding hydrogens is 288 g/mol. The number of aromatic carboxylic acids is 2. The average Bonchev–Trinajstić information content (AvgIpc) is 3.31. The van der Waals surface area contributed by atoms with Crippen LogP contribution >= 0.6 is 0 Å². The molecule has 22 heavy (non-hydrogen) atoms. The number of epoxide rings is 2. The molecule has 0 aromatic heterocycles. The van der Waals surface area contributed by atoms with Gasteiger partial charge in [-0.25, -0.2) is 9.59 Å². The zero-order valence-electron chi connectivity index (χ0n) is 12.5. The maximum Gasteiger partial charge on any atom is 0.336 e. The van der Waals surface area contributed by atoms with E-state index in [0.29, 0.717) is 37.2 Å². The highest BCUT2D eigenvalue weighted by Crippen LogP contribution is 2.33. The number of hydrogen-bond donors (Lipinski definition) is 2. The predicted molar refractivity (Wildman–Crippen MR) is 76.7 cm³/mol. The second kappa shape index (κ2) is 5.37. The summed E-state index contributed by atoms with van der Waals surface area (Å²) in [5, 5.41) is 19.0. The van der Waals surface area contributed by atoms with Gasteiger partial charge in [0.2, 0.25) is 0 Å². The summed E-state index contributed by atoms with van der Waals surface area (Å²) in [4.78, 5) is 23.3. The maximum atomic E-state index is 11.7. The van der Waals surface area contributed by atoms with Crippen molar-refractivity contribution in [3.8, 4) is 0 Å². The zero-order valence-corrected chi connectivity index (χ0v) is 12.5. The molecule has 2 heterocycles. The number of carboxylic acid groups (broad SMARTS) is 2. The first-order valence-electron chi connectivity index (χ1n) is 7.24. The summed E-state index contributed by atoms with van der Waals surface area (Å²) in [6, 6.07) is 0. The Morgan fingerprint density at radius 1 is 0.909 bits per heavy atom. The molecule has 2 aliphatic heterocycles. The lowest BCUT2D eigenvalue weighted by atomic mass is 9.84. The molecule has 0 bridgehead atoms. The van der Waals surface area contributed by atoms with Crippen molar-refractivity contribution in [1.29, 1.82) is 0 Å². The lowest BCUT2D eigenvalue weighted by Crippen LogP contribution is -2.19. The van der Waals surface area contributed by atoms with E-state index in [1.165, 1.54) is 0 Å². The van der Waals surface area contributed by atoms with Gasteiger partial charge in [-0.05, 0) is 36.1 Å². The summed E-state index contributed by atoms with van der Waals surface area (Å²) >= 11 is 0. The van der Waals surface area contributed by atoms with Gasteiger partial charge in [0.05, 0.1) is 36.5 Å². The van der Waals surface area contributed by atoms with E-state index < -0.39 is 11.9 Å². The van der Waals surface area contributed by atoms with E-state index >= 15 is 0 Å². The molecular formula is C16H18O6. The van der Waals surface area contributed by atoms with Gasteiger partial charge >= 0.3 is 11.9 Å². The lowest BCUT2D eigenvalue weighted by Gasteiger charge is -2.19. The highest BCUT2D eigenvalue weighted by Gasteiger charge is 2.33. The van der Waals surface area contributed by atoms with Crippen LogP contribution in [0, 0.1) is 13.8 Å². The van der Waals surface area contributed by atoms with E-state index in [1.54, 1.807) is 6.92 Å². The van der Waals surface area contributed by atoms with E-state index in [1.807, 2.05) is 6.92 Å². The molecule has 118 valence electrons. The molecule has 1 aromatic rings. The Morgan fingerprint density at radius 3 is 1.77 bits per heavy atom. The lowest BCUT2D eigenvalue weighted by molar-refractivity contribution is 0.0649. The third-order valence-corrected chi connectivity index (χ3v) is 4.38. The van der Waals surface area contributed by atoms with E-state index in [2.05, 4.69) is 0 Å². The van der Waals surface area contributed by atoms with E-state index in [-0.39, 0.29) is 23.3 Å². The molecule has 0 amide bonds. The van der Waals surface area contributed by atoms with Crippen LogP contribution in [-0.2, 0) is 22.3 Å². The van der Waals surface area contributed by atoms with Crippen LogP contribution < -0.4 is 0 Å². The van der Waals surface area contributed by atoms with Crippen LogP contribution in [0.5, 0.6) is 0 Å². The van der Waals surface area contributed by atoms with Crippen LogP contribution in [0.3, 0.4) is 0 Å². The monoisotopic (exact) mass is 306 g/mol. The molecule has 6 heteroatoms. The summed E-state index contributed by atoms with van der Waals surface area (Å²) in [7, 11) is 0. The van der Waals surface area contributed by atoms with Crippen molar-refractivity contribution in [3.05, 3.63) is 33.4 Å². The molecule has 3 rings (SSSR count). The van der Waals surface area contributed by atoms with Gasteiger partial charge in [-0.3, -0.25) is 0 Å². The molecule has 1 aromatic carbocycles. The minimum atomic E-state index is -1.20. The minimum Gasteiger partial charge on any atom is -0.478 e. The van der Waals surface area contributed by atoms with Crippen LogP contribution in [0.2, 0.25) is 0 Å². The Bertz CT molecular complexity index is 655. The van der Waals surface area contributed by atoms with Crippen molar-refractivity contribution < 1.29 is 29.3 Å². The fourth-order valence-corrected chi connectivity index (χ4v) is 3.03. The largest absolute Gasteiger partial charge is 0.478 e. The molecule has 0 spiro atoms. The van der Waals surface area contributed by atoms with Crippen LogP contribution in [-0.4, -0.2) is 47.6 Å². The maximum absolute atomic E-state index is 11.7. The summed E-state index contributed by atoms with van der Waals surface area (Å²) in [6.45, 7) is 4.80. The quantitative estimate of drug-likeness (QED) is 0.774. The number of carbonyl (C=O) groups is 2. The SMILES string of the molecule is Cc1c(CC2CO2)c(C)c(C(=O)O)c(C(=O)O)c1CC1CO1. The molecule has 2 unspecified atom stereocenters. The van der Waals surface area contributed by atoms with Gasteiger partial charge < -0.3 is 19.7 Å². The van der Waals surface area contributed by atoms with Crippen molar-refractivity contribution in [3.63, 3.8) is 0 Å². The van der Waals surface area contributed by atoms with E-state index in [9.17, 15) is 19.8 Å². The third-order valence-electron chi connectivity index (χ3n) is 4.38. The number of carboxylic acids is 2. The normalized spacial score (nSPS) is 22.5. The summed E-state index contributed by atoms with van der Waals surface area (Å²) in [5.74, 6) is -2.40. The van der Waals surface area contributed by atoms with E-state index in [0.717, 1.165) is 11.1 Å². The molecule has 6 nitrogen and oxygen atoms in total. The van der Waals surface area contributed by atoms with Crippen LogP contribution in [0.25, 0.3) is 0 Å². The van der Waals surface area contributed by atoms with Crippen LogP contribution in [0.15, 0.2) is 0 Å². The van der Waals surface area contributed by atoms with Crippen molar-refractivity contribution in [2.24, 2.45) is 0 Å². The number of ether oxygens (including phenoxy) is 2. The Hall–Kier alpha value is -1.92. The molecule has 2 atom stereocenters. The molecule has 2 aliphatic rings. The Labute approximate surface area is 127 Å². The molecule has 0 aliphatic carbocycles. The first-order chi connectivity index (χ1) is 10.4. The smallest absolute Gasteiger partial charge is 0.336 e. The Kier molecular flexibility index (Phi) is 3.66. The van der Waals surface area contributed by atoms with Gasteiger partial charge in [-0.2, -0.15) is 0 Å². The fourth-order valence-electron chi connectivity index (χ4n) is 3.03. The fraction of sp³-hybridized carbons (Fsp3) is 0.500. The molecule has 2 N–H and O–H groups in total. The van der Waals surface area contributed by atoms with Gasteiger partial charge in [0.1, 0.15) is 0 Å². The van der Waals surface area contributed by atoms with Gasteiger partial charge in [0.25, 0.3) is 0 Å². The zero-order chi connectivity index (χ0) is 16.0. The Morgan fingerprint density at radius 2 is 1.36 bits per heavy atom. The second-order valence-corrected chi connectivity index (χ2v) is 5.89. The summed E-state index contributed by atoms with van der Waals surface area (Å²) in [5.41, 5.74) is 2.64. The molecule has 2 fully saturated rings. The second-order valence-electron chi connectivity index (χ2n) is 5.89. The van der Waals surface area contributed by atoms with Gasteiger partial charge in [0.15, 0.2) is 0 Å². The highest BCUT2D eigenvalue weighted by atomic mass is 16.6. The number of rotatable bonds is 6. The first-order valence-corrected chi connectivity index (χ1v) is 7.24. The summed E-state index contributed by atoms with van der Waals surface area (Å²) < 4.78 is 10.4. The van der Waals surface area contributed by atoms with Crippen molar-refractivity contribution >= 4 is 11.9 Å². The summed E-state index contributed by atoms with van der Waals surface area (Å²) in [6.07, 6.45) is 1.16. The first kappa shape index (κ1) is 15.0. The standard InChI is InChI=1S/C16H18O6/c1-7-11(3-9-5-21-9)8(2)13(15(17)18)14(16(19)20)12(7)4-10-6-22-10/h9-10H,3-6H2,1-2H3,(H,17,18)(H,19,20). The van der Waals surface area contributed by atoms with Crippen molar-refractivity contribution in [1.82, 2.24) is 0 Å². The number of hydrogen-bond acceptors (Lipinski definition) is 4. The molecule has 0 saturated carbocycles. The van der Waals surface area contributed by atoms with Crippen LogP contribution in [0.1, 0.15) is 43.0 Å². The molecule has 0 radical (unpaired) electrons. The minimum absolute atomic E-state index is 0.00817. The highest BCUT2D eigenvalue weighted by molar-refractivity contribution is 6.04. The molecule has 2 saturated heterocycles. The average molecular weight is 306 g/mol. The Balaban J connectivity index is 2.20. The van der Waals surface area contributed by atoms with Gasteiger partial charge in [-0.1, -0.05) is 0 Å². The van der Waals surface area contributed by atoms with Crippen molar-refractivity contribution in [2.75, 3.05) is 13.2 Å². The number of benzene rings is 1. The van der Waals surface area contributed by atoms with Crippen molar-refractivity contribution in [2.45, 2.75) is 38.9 Å². The van der Waals surface area contributed by atoms with E-state index in [4.69, 9.17) is 9.47 Å². The predicted octanol–water partition coefficient (Wildman–Crippen LogP) is 1.58. The topological polar surface area (TPSA) is 99.7 Å².